The molecular weight excluding hydrogens is 320 g/mol. The van der Waals surface area contributed by atoms with E-state index in [1.165, 1.54) is 12.1 Å². The van der Waals surface area contributed by atoms with Crippen molar-refractivity contribution < 1.29 is 9.18 Å². The van der Waals surface area contributed by atoms with E-state index in [4.69, 9.17) is 0 Å². The number of carbonyl (C=O) groups excluding carboxylic acids is 1. The minimum absolute atomic E-state index is 0.0586. The van der Waals surface area contributed by atoms with Gasteiger partial charge >= 0.3 is 0 Å². The highest BCUT2D eigenvalue weighted by Crippen LogP contribution is 2.31. The molecule has 0 heterocycles. The van der Waals surface area contributed by atoms with Crippen molar-refractivity contribution in [1.82, 2.24) is 5.32 Å². The summed E-state index contributed by atoms with van der Waals surface area (Å²) in [5.74, 6) is -0.396. The zero-order valence-corrected chi connectivity index (χ0v) is 11.2. The molecule has 4 heteroatoms. The number of amides is 1. The Kier molecular flexibility index (Phi) is 3.19. The molecule has 1 aromatic carbocycles. The first-order valence-electron chi connectivity index (χ1n) is 5.28. The van der Waals surface area contributed by atoms with Crippen LogP contribution in [-0.4, -0.2) is 11.4 Å². The van der Waals surface area contributed by atoms with Crippen LogP contribution in [0.3, 0.4) is 0 Å². The van der Waals surface area contributed by atoms with E-state index < -0.39 is 0 Å². The largest absolute Gasteiger partial charge is 0.347 e. The van der Waals surface area contributed by atoms with Gasteiger partial charge in [0.05, 0.1) is 0 Å². The summed E-state index contributed by atoms with van der Waals surface area (Å²) >= 11 is 1.89. The molecule has 1 fully saturated rings. The monoisotopic (exact) mass is 333 g/mol. The van der Waals surface area contributed by atoms with Crippen LogP contribution >= 0.6 is 22.6 Å². The summed E-state index contributed by atoms with van der Waals surface area (Å²) in [6.45, 7) is 2.04. The van der Waals surface area contributed by atoms with E-state index in [0.717, 1.165) is 19.3 Å². The topological polar surface area (TPSA) is 29.1 Å². The number of hydrogen-bond donors (Lipinski definition) is 1. The molecule has 1 aromatic rings. The summed E-state index contributed by atoms with van der Waals surface area (Å²) in [6, 6.07) is 4.43. The average molecular weight is 333 g/mol. The molecule has 1 aliphatic carbocycles. The van der Waals surface area contributed by atoms with Crippen LogP contribution < -0.4 is 5.32 Å². The summed E-state index contributed by atoms with van der Waals surface area (Å²) < 4.78 is 13.5. The number of carbonyl (C=O) groups is 1. The molecular formula is C12H13FINO. The zero-order chi connectivity index (χ0) is 11.8. The van der Waals surface area contributed by atoms with Gasteiger partial charge in [-0.25, -0.2) is 4.39 Å². The molecule has 0 bridgehead atoms. The lowest BCUT2D eigenvalue weighted by Gasteiger charge is -2.39. The van der Waals surface area contributed by atoms with E-state index in [2.05, 4.69) is 5.32 Å². The molecule has 1 aliphatic rings. The van der Waals surface area contributed by atoms with E-state index in [1.807, 2.05) is 29.5 Å². The fourth-order valence-corrected chi connectivity index (χ4v) is 2.33. The van der Waals surface area contributed by atoms with Crippen molar-refractivity contribution >= 4 is 28.5 Å². The molecule has 0 saturated heterocycles. The molecule has 0 spiro atoms. The van der Waals surface area contributed by atoms with Gasteiger partial charge in [-0.2, -0.15) is 0 Å². The Hall–Kier alpha value is -0.650. The molecule has 0 radical (unpaired) electrons. The first-order valence-corrected chi connectivity index (χ1v) is 6.36. The third kappa shape index (κ3) is 2.36. The maximum absolute atomic E-state index is 13.0. The summed E-state index contributed by atoms with van der Waals surface area (Å²) in [6.07, 6.45) is 3.21. The first-order chi connectivity index (χ1) is 7.50. The quantitative estimate of drug-likeness (QED) is 0.828. The van der Waals surface area contributed by atoms with E-state index >= 15 is 0 Å². The van der Waals surface area contributed by atoms with Gasteiger partial charge in [-0.05, 0) is 67.0 Å². The summed E-state index contributed by atoms with van der Waals surface area (Å²) in [5.41, 5.74) is 0.468. The first kappa shape index (κ1) is 11.8. The summed E-state index contributed by atoms with van der Waals surface area (Å²) in [7, 11) is 0. The predicted molar refractivity (Wildman–Crippen MR) is 68.8 cm³/mol. The van der Waals surface area contributed by atoms with Crippen LogP contribution in [0.1, 0.15) is 36.5 Å². The fraction of sp³-hybridized carbons (Fsp3) is 0.417. The van der Waals surface area contributed by atoms with Crippen molar-refractivity contribution in [3.05, 3.63) is 33.1 Å². The van der Waals surface area contributed by atoms with Crippen LogP contribution in [-0.2, 0) is 0 Å². The Balaban J connectivity index is 2.11. The Labute approximate surface area is 108 Å². The van der Waals surface area contributed by atoms with Crippen LogP contribution in [0.4, 0.5) is 4.39 Å². The molecule has 86 valence electrons. The number of benzene rings is 1. The molecule has 2 nitrogen and oxygen atoms in total. The Morgan fingerprint density at radius 3 is 2.69 bits per heavy atom. The maximum atomic E-state index is 13.0. The number of hydrogen-bond acceptors (Lipinski definition) is 1. The SMILES string of the molecule is CC1(NC(=O)c2ccc(F)c(I)c2)CCC1. The van der Waals surface area contributed by atoms with Gasteiger partial charge in [0.2, 0.25) is 0 Å². The minimum atomic E-state index is -0.285. The van der Waals surface area contributed by atoms with E-state index in [9.17, 15) is 9.18 Å². The molecule has 1 saturated carbocycles. The maximum Gasteiger partial charge on any atom is 0.251 e. The molecule has 2 rings (SSSR count). The highest BCUT2D eigenvalue weighted by atomic mass is 127. The Morgan fingerprint density at radius 2 is 2.19 bits per heavy atom. The van der Waals surface area contributed by atoms with E-state index in [1.54, 1.807) is 6.07 Å². The van der Waals surface area contributed by atoms with Gasteiger partial charge in [0, 0.05) is 14.7 Å². The predicted octanol–water partition coefficient (Wildman–Crippen LogP) is 3.10. The van der Waals surface area contributed by atoms with Crippen molar-refractivity contribution in [1.29, 1.82) is 0 Å². The standard InChI is InChI=1S/C12H13FINO/c1-12(5-2-6-12)15-11(16)8-3-4-9(13)10(14)7-8/h3-4,7H,2,5-6H2,1H3,(H,15,16). The molecule has 1 amide bonds. The second kappa shape index (κ2) is 4.31. The van der Waals surface area contributed by atoms with Crippen LogP contribution in [0.2, 0.25) is 0 Å². The third-order valence-electron chi connectivity index (χ3n) is 3.05. The fourth-order valence-electron chi connectivity index (χ4n) is 1.82. The highest BCUT2D eigenvalue weighted by Gasteiger charge is 2.33. The summed E-state index contributed by atoms with van der Waals surface area (Å²) in [5, 5.41) is 2.99. The molecule has 0 unspecified atom stereocenters. The van der Waals surface area contributed by atoms with Crippen molar-refractivity contribution in [2.45, 2.75) is 31.7 Å². The Morgan fingerprint density at radius 1 is 1.50 bits per heavy atom. The smallest absolute Gasteiger partial charge is 0.251 e. The third-order valence-corrected chi connectivity index (χ3v) is 3.88. The van der Waals surface area contributed by atoms with Gasteiger partial charge in [-0.15, -0.1) is 0 Å². The van der Waals surface area contributed by atoms with Gasteiger partial charge in [0.25, 0.3) is 5.91 Å². The second-order valence-corrected chi connectivity index (χ2v) is 5.66. The molecule has 1 N–H and O–H groups in total. The van der Waals surface area contributed by atoms with Crippen molar-refractivity contribution in [3.63, 3.8) is 0 Å². The average Bonchev–Trinajstić information content (AvgIpc) is 2.19. The lowest BCUT2D eigenvalue weighted by molar-refractivity contribution is 0.0850. The van der Waals surface area contributed by atoms with Crippen LogP contribution in [0.15, 0.2) is 18.2 Å². The lowest BCUT2D eigenvalue weighted by atomic mass is 9.78. The second-order valence-electron chi connectivity index (χ2n) is 4.50. The van der Waals surface area contributed by atoms with Crippen molar-refractivity contribution in [3.8, 4) is 0 Å². The normalized spacial score (nSPS) is 17.7. The summed E-state index contributed by atoms with van der Waals surface area (Å²) in [4.78, 5) is 11.9. The zero-order valence-electron chi connectivity index (χ0n) is 9.02. The van der Waals surface area contributed by atoms with Gasteiger partial charge in [-0.3, -0.25) is 4.79 Å². The van der Waals surface area contributed by atoms with Crippen molar-refractivity contribution in [2.75, 3.05) is 0 Å². The highest BCUT2D eigenvalue weighted by molar-refractivity contribution is 14.1. The number of halogens is 2. The molecule has 16 heavy (non-hydrogen) atoms. The van der Waals surface area contributed by atoms with Crippen molar-refractivity contribution in [2.24, 2.45) is 0 Å². The van der Waals surface area contributed by atoms with Crippen LogP contribution in [0.5, 0.6) is 0 Å². The van der Waals surface area contributed by atoms with E-state index in [-0.39, 0.29) is 17.3 Å². The van der Waals surface area contributed by atoms with Gasteiger partial charge < -0.3 is 5.32 Å². The molecule has 0 aliphatic heterocycles. The van der Waals surface area contributed by atoms with E-state index in [0.29, 0.717) is 9.13 Å². The van der Waals surface area contributed by atoms with Crippen LogP contribution in [0, 0.1) is 9.39 Å². The minimum Gasteiger partial charge on any atom is -0.347 e. The van der Waals surface area contributed by atoms with Gasteiger partial charge in [0.15, 0.2) is 0 Å². The van der Waals surface area contributed by atoms with Gasteiger partial charge in [-0.1, -0.05) is 0 Å². The number of rotatable bonds is 2. The Bertz CT molecular complexity index is 429. The number of nitrogens with one attached hydrogen (secondary N) is 1. The molecule has 0 atom stereocenters. The van der Waals surface area contributed by atoms with Gasteiger partial charge in [0.1, 0.15) is 5.82 Å². The van der Waals surface area contributed by atoms with Crippen LogP contribution in [0.25, 0.3) is 0 Å². The lowest BCUT2D eigenvalue weighted by Crippen LogP contribution is -2.50. The molecule has 0 aromatic heterocycles.